The molecular weight excluding hydrogens is 591 g/mol. The van der Waals surface area contributed by atoms with Crippen LogP contribution in [-0.4, -0.2) is 41.8 Å². The molecule has 44 heavy (non-hydrogen) atoms. The standard InChI is InChI=1S/C36H36Cl2N4O2/c1-44-26-10-14-33-31(21-26)36(29-12-9-25(38)20-35(29)42-33)40-17-5-16-39-15-4-2-3-6-27-28-11-8-24(37)19-34(28)41-32-13-7-23(22-43)18-30(27)32/h7-14,18-21,39,43H,2-6,15-17,22H2,1H3,(H,40,42). The topological polar surface area (TPSA) is 79.3 Å². The Hall–Kier alpha value is -3.68. The van der Waals surface area contributed by atoms with Gasteiger partial charge < -0.3 is 20.5 Å². The van der Waals surface area contributed by atoms with Crippen molar-refractivity contribution >= 4 is 72.5 Å². The highest BCUT2D eigenvalue weighted by atomic mass is 35.5. The summed E-state index contributed by atoms with van der Waals surface area (Å²) in [6.07, 6.45) is 5.28. The van der Waals surface area contributed by atoms with Crippen LogP contribution in [0.15, 0.2) is 72.8 Å². The largest absolute Gasteiger partial charge is 0.497 e. The molecular formula is C36H36Cl2N4O2. The molecule has 0 spiro atoms. The van der Waals surface area contributed by atoms with Crippen LogP contribution in [-0.2, 0) is 13.0 Å². The number of nitrogens with zero attached hydrogens (tertiary/aromatic N) is 2. The van der Waals surface area contributed by atoms with Crippen molar-refractivity contribution in [1.82, 2.24) is 15.3 Å². The zero-order valence-corrected chi connectivity index (χ0v) is 26.3. The smallest absolute Gasteiger partial charge is 0.119 e. The Balaban J connectivity index is 1.01. The Bertz CT molecular complexity index is 1810. The maximum absolute atomic E-state index is 9.70. The highest BCUT2D eigenvalue weighted by Gasteiger charge is 2.12. The average Bonchev–Trinajstić information content (AvgIpc) is 3.04. The minimum atomic E-state index is 0.0224. The van der Waals surface area contributed by atoms with E-state index >= 15 is 0 Å². The molecule has 0 amide bonds. The molecule has 0 fully saturated rings. The summed E-state index contributed by atoms with van der Waals surface area (Å²) in [5.74, 6) is 0.807. The van der Waals surface area contributed by atoms with Crippen LogP contribution in [0.25, 0.3) is 43.6 Å². The van der Waals surface area contributed by atoms with Crippen LogP contribution in [0.2, 0.25) is 10.0 Å². The lowest BCUT2D eigenvalue weighted by molar-refractivity contribution is 0.282. The van der Waals surface area contributed by atoms with Gasteiger partial charge in [-0.1, -0.05) is 41.8 Å². The van der Waals surface area contributed by atoms with E-state index in [2.05, 4.69) is 22.8 Å². The number of benzene rings is 4. The van der Waals surface area contributed by atoms with Gasteiger partial charge in [-0.05, 0) is 111 Å². The van der Waals surface area contributed by atoms with E-state index in [1.165, 1.54) is 5.56 Å². The van der Waals surface area contributed by atoms with Gasteiger partial charge in [0.05, 0.1) is 41.5 Å². The van der Waals surface area contributed by atoms with Crippen LogP contribution in [0.3, 0.4) is 0 Å². The van der Waals surface area contributed by atoms with Gasteiger partial charge in [-0.25, -0.2) is 9.97 Å². The predicted molar refractivity (Wildman–Crippen MR) is 185 cm³/mol. The molecule has 0 aliphatic carbocycles. The molecule has 0 bridgehead atoms. The van der Waals surface area contributed by atoms with Crippen molar-refractivity contribution in [2.24, 2.45) is 0 Å². The van der Waals surface area contributed by atoms with Crippen molar-refractivity contribution in [1.29, 1.82) is 0 Å². The summed E-state index contributed by atoms with van der Waals surface area (Å²) in [6, 6.07) is 23.8. The summed E-state index contributed by atoms with van der Waals surface area (Å²) < 4.78 is 5.48. The number of rotatable bonds is 13. The number of pyridine rings is 2. The average molecular weight is 628 g/mol. The SMILES string of the molecule is COc1ccc2nc3cc(Cl)ccc3c(NCCCNCCCCCc3c4ccc(Cl)cc4nc4ccc(CO)cc34)c2c1. The predicted octanol–water partition coefficient (Wildman–Crippen LogP) is 8.70. The summed E-state index contributed by atoms with van der Waals surface area (Å²) in [7, 11) is 1.68. The Kier molecular flexibility index (Phi) is 9.63. The summed E-state index contributed by atoms with van der Waals surface area (Å²) >= 11 is 12.5. The fraction of sp³-hybridized carbons (Fsp3) is 0.278. The number of aliphatic hydroxyl groups excluding tert-OH is 1. The molecule has 8 heteroatoms. The second-order valence-electron chi connectivity index (χ2n) is 11.1. The molecule has 6 aromatic rings. The lowest BCUT2D eigenvalue weighted by Crippen LogP contribution is -2.19. The maximum atomic E-state index is 9.70. The number of halogens is 2. The molecule has 226 valence electrons. The highest BCUT2D eigenvalue weighted by molar-refractivity contribution is 6.31. The zero-order valence-electron chi connectivity index (χ0n) is 24.8. The maximum Gasteiger partial charge on any atom is 0.119 e. The van der Waals surface area contributed by atoms with Gasteiger partial charge in [-0.3, -0.25) is 0 Å². The number of methoxy groups -OCH3 is 1. The van der Waals surface area contributed by atoms with Crippen molar-refractivity contribution in [2.45, 2.75) is 38.7 Å². The van der Waals surface area contributed by atoms with E-state index in [9.17, 15) is 5.11 Å². The summed E-state index contributed by atoms with van der Waals surface area (Å²) in [4.78, 5) is 9.65. The van der Waals surface area contributed by atoms with Crippen molar-refractivity contribution in [2.75, 3.05) is 32.1 Å². The van der Waals surface area contributed by atoms with E-state index in [0.29, 0.717) is 10.0 Å². The summed E-state index contributed by atoms with van der Waals surface area (Å²) in [5, 5.41) is 22.7. The molecule has 6 nitrogen and oxygen atoms in total. The van der Waals surface area contributed by atoms with E-state index in [1.54, 1.807) is 7.11 Å². The monoisotopic (exact) mass is 626 g/mol. The summed E-state index contributed by atoms with van der Waals surface area (Å²) in [6.45, 7) is 2.78. The van der Waals surface area contributed by atoms with Gasteiger partial charge >= 0.3 is 0 Å². The molecule has 0 unspecified atom stereocenters. The van der Waals surface area contributed by atoms with Crippen molar-refractivity contribution in [3.8, 4) is 5.75 Å². The first-order valence-electron chi connectivity index (χ1n) is 15.2. The number of fused-ring (bicyclic) bond motifs is 4. The van der Waals surface area contributed by atoms with E-state index in [1.807, 2.05) is 60.7 Å². The molecule has 2 aromatic heterocycles. The van der Waals surface area contributed by atoms with Crippen LogP contribution >= 0.6 is 23.2 Å². The third kappa shape index (κ3) is 6.69. The minimum absolute atomic E-state index is 0.0224. The van der Waals surface area contributed by atoms with Crippen LogP contribution in [0.4, 0.5) is 5.69 Å². The third-order valence-electron chi connectivity index (χ3n) is 8.15. The minimum Gasteiger partial charge on any atom is -0.497 e. The molecule has 0 atom stereocenters. The molecule has 4 aromatic carbocycles. The number of anilines is 1. The molecule has 0 aliphatic rings. The van der Waals surface area contributed by atoms with Gasteiger partial charge in [0.2, 0.25) is 0 Å². The van der Waals surface area contributed by atoms with E-state index in [4.69, 9.17) is 37.9 Å². The molecule has 0 saturated carbocycles. The van der Waals surface area contributed by atoms with Crippen LogP contribution in [0.1, 0.15) is 36.8 Å². The Morgan fingerprint density at radius 1 is 0.659 bits per heavy atom. The van der Waals surface area contributed by atoms with E-state index in [-0.39, 0.29) is 6.61 Å². The van der Waals surface area contributed by atoms with E-state index < -0.39 is 0 Å². The van der Waals surface area contributed by atoms with Gasteiger partial charge in [0.25, 0.3) is 0 Å². The number of unbranched alkanes of at least 4 members (excludes halogenated alkanes) is 2. The van der Waals surface area contributed by atoms with Gasteiger partial charge in [-0.15, -0.1) is 0 Å². The van der Waals surface area contributed by atoms with Crippen LogP contribution < -0.4 is 15.4 Å². The first kappa shape index (κ1) is 30.4. The first-order valence-corrected chi connectivity index (χ1v) is 15.9. The number of hydrogen-bond acceptors (Lipinski definition) is 6. The zero-order chi connectivity index (χ0) is 30.5. The third-order valence-corrected chi connectivity index (χ3v) is 8.62. The number of nitrogens with one attached hydrogen (secondary N) is 2. The second-order valence-corrected chi connectivity index (χ2v) is 12.0. The molecule has 6 rings (SSSR count). The Morgan fingerprint density at radius 2 is 1.36 bits per heavy atom. The number of hydrogen-bond donors (Lipinski definition) is 3. The first-order chi connectivity index (χ1) is 21.5. The fourth-order valence-corrected chi connectivity index (χ4v) is 6.24. The molecule has 3 N–H and O–H groups in total. The molecule has 0 aliphatic heterocycles. The van der Waals surface area contributed by atoms with Crippen LogP contribution in [0.5, 0.6) is 5.75 Å². The van der Waals surface area contributed by atoms with Crippen molar-refractivity contribution in [3.05, 3.63) is 94.0 Å². The van der Waals surface area contributed by atoms with Crippen molar-refractivity contribution < 1.29 is 9.84 Å². The van der Waals surface area contributed by atoms with Crippen molar-refractivity contribution in [3.63, 3.8) is 0 Å². The van der Waals surface area contributed by atoms with Crippen LogP contribution in [0, 0.1) is 0 Å². The number of aromatic nitrogens is 2. The van der Waals surface area contributed by atoms with E-state index in [0.717, 1.165) is 112 Å². The Labute approximate surface area is 267 Å². The molecule has 0 radical (unpaired) electrons. The lowest BCUT2D eigenvalue weighted by atomic mass is 9.96. The molecule has 2 heterocycles. The quantitative estimate of drug-likeness (QED) is 0.0879. The second kappa shape index (κ2) is 14.0. The summed E-state index contributed by atoms with van der Waals surface area (Å²) in [5.41, 5.74) is 6.90. The number of aliphatic hydroxyl groups is 1. The normalized spacial score (nSPS) is 11.6. The van der Waals surface area contributed by atoms with Gasteiger partial charge in [0, 0.05) is 38.1 Å². The van der Waals surface area contributed by atoms with Gasteiger partial charge in [0.15, 0.2) is 0 Å². The lowest BCUT2D eigenvalue weighted by Gasteiger charge is -2.14. The fourth-order valence-electron chi connectivity index (χ4n) is 5.91. The van der Waals surface area contributed by atoms with Gasteiger partial charge in [-0.2, -0.15) is 0 Å². The number of aryl methyl sites for hydroxylation is 1. The van der Waals surface area contributed by atoms with Gasteiger partial charge in [0.1, 0.15) is 5.75 Å². The Morgan fingerprint density at radius 3 is 2.14 bits per heavy atom. The molecule has 0 saturated heterocycles. The number of ether oxygens (including phenoxy) is 1. The highest BCUT2D eigenvalue weighted by Crippen LogP contribution is 2.34.